The fourth-order valence-electron chi connectivity index (χ4n) is 1.19. The van der Waals surface area contributed by atoms with Gasteiger partial charge in [0.1, 0.15) is 5.03 Å². The van der Waals surface area contributed by atoms with Gasteiger partial charge in [-0.25, -0.2) is 15.0 Å². The predicted octanol–water partition coefficient (Wildman–Crippen LogP) is 1.86. The molecule has 0 atom stereocenters. The molecule has 0 aromatic heterocycles. The molecule has 8 heteroatoms. The summed E-state index contributed by atoms with van der Waals surface area (Å²) in [5.41, 5.74) is 2.65. The molecule has 0 aliphatic carbocycles. The van der Waals surface area contributed by atoms with E-state index in [4.69, 9.17) is 12.6 Å². The van der Waals surface area contributed by atoms with Crippen molar-refractivity contribution in [3.63, 3.8) is 0 Å². The second-order valence-corrected chi connectivity index (χ2v) is 3.41. The van der Waals surface area contributed by atoms with Gasteiger partial charge in [-0.3, -0.25) is 0 Å². The van der Waals surface area contributed by atoms with Crippen LogP contribution < -0.4 is 5.53 Å². The number of allylic oxidation sites excluding steroid dienone is 1. The molecule has 1 radical (unpaired) electrons. The molecule has 2 rings (SSSR count). The van der Waals surface area contributed by atoms with E-state index in [1.807, 2.05) is 0 Å². The minimum absolute atomic E-state index is 0.00454. The first-order valence-electron chi connectivity index (χ1n) is 3.96. The largest absolute Gasteiger partial charge is 0.500 e. The van der Waals surface area contributed by atoms with Crippen molar-refractivity contribution in [2.24, 2.45) is 4.99 Å². The average molecular weight is 235 g/mol. The molecule has 15 heavy (non-hydrogen) atoms. The molecule has 0 bridgehead atoms. The molecule has 0 aromatic carbocycles. The molecule has 81 valence electrons. The summed E-state index contributed by atoms with van der Waals surface area (Å²) >= 11 is 4.89. The highest BCUT2D eigenvalue weighted by atomic mass is 32.1. The second-order valence-electron chi connectivity index (χ2n) is 3.00. The molecular weight excluding hydrogens is 229 g/mol. The van der Waals surface area contributed by atoms with E-state index < -0.39 is 6.30 Å². The van der Waals surface area contributed by atoms with Crippen molar-refractivity contribution in [1.29, 1.82) is 0 Å². The van der Waals surface area contributed by atoms with E-state index in [0.717, 1.165) is 11.2 Å². The molecule has 0 fully saturated rings. The van der Waals surface area contributed by atoms with Gasteiger partial charge in [-0.05, 0) is 13.0 Å². The lowest BCUT2D eigenvalue weighted by atomic mass is 10.3. The monoisotopic (exact) mass is 235 g/mol. The second kappa shape index (κ2) is 3.11. The Labute approximate surface area is 89.1 Å². The zero-order valence-electron chi connectivity index (χ0n) is 7.54. The number of aliphatic imine (C=N–C) groups is 1. The van der Waals surface area contributed by atoms with Crippen molar-refractivity contribution in [2.75, 3.05) is 0 Å². The Morgan fingerprint density at radius 3 is 2.73 bits per heavy atom. The Morgan fingerprint density at radius 2 is 2.13 bits per heavy atom. The first-order valence-corrected chi connectivity index (χ1v) is 4.37. The number of hydrogen-bond donors (Lipinski definition) is 1. The maximum Gasteiger partial charge on any atom is 0.500 e. The average Bonchev–Trinajstić information content (AvgIpc) is 2.46. The molecule has 0 saturated heterocycles. The lowest BCUT2D eigenvalue weighted by Crippen LogP contribution is -2.46. The molecule has 0 unspecified atom stereocenters. The van der Waals surface area contributed by atoms with E-state index >= 15 is 0 Å². The summed E-state index contributed by atoms with van der Waals surface area (Å²) in [4.78, 5) is 3.91. The van der Waals surface area contributed by atoms with Crippen molar-refractivity contribution in [2.45, 2.75) is 13.2 Å². The van der Waals surface area contributed by atoms with Gasteiger partial charge in [0.2, 0.25) is 0 Å². The number of hydrazine groups is 2. The third-order valence-electron chi connectivity index (χ3n) is 1.80. The Bertz CT molecular complexity index is 384. The van der Waals surface area contributed by atoms with Crippen LogP contribution in [-0.4, -0.2) is 22.0 Å². The van der Waals surface area contributed by atoms with Crippen LogP contribution in [0.4, 0.5) is 13.2 Å². The van der Waals surface area contributed by atoms with Gasteiger partial charge in [0.15, 0.2) is 5.82 Å². The van der Waals surface area contributed by atoms with Crippen molar-refractivity contribution >= 4 is 18.3 Å². The molecule has 2 heterocycles. The normalized spacial score (nSPS) is 20.9. The first-order chi connectivity index (χ1) is 6.88. The van der Waals surface area contributed by atoms with Crippen LogP contribution in [0.15, 0.2) is 28.1 Å². The lowest BCUT2D eigenvalue weighted by Gasteiger charge is -2.25. The Hall–Kier alpha value is -1.28. The molecule has 0 aromatic rings. The highest BCUT2D eigenvalue weighted by Crippen LogP contribution is 2.30. The third-order valence-corrected chi connectivity index (χ3v) is 2.10. The Balaban J connectivity index is 2.30. The zero-order chi connectivity index (χ0) is 11.2. The van der Waals surface area contributed by atoms with Crippen LogP contribution in [0.3, 0.4) is 0 Å². The van der Waals surface area contributed by atoms with E-state index in [-0.39, 0.29) is 15.9 Å². The van der Waals surface area contributed by atoms with Gasteiger partial charge in [-0.15, -0.1) is 18.7 Å². The summed E-state index contributed by atoms with van der Waals surface area (Å²) in [7, 11) is 0. The van der Waals surface area contributed by atoms with Crippen LogP contribution in [0, 0.1) is 0 Å². The fraction of sp³-hybridized carbons (Fsp3) is 0.286. The summed E-state index contributed by atoms with van der Waals surface area (Å²) in [6, 6.07) is 0. The molecule has 1 N–H and O–H groups in total. The van der Waals surface area contributed by atoms with E-state index in [9.17, 15) is 13.2 Å². The smallest absolute Gasteiger partial charge is 0.233 e. The molecule has 2 aliphatic heterocycles. The Kier molecular flexibility index (Phi) is 2.12. The third kappa shape index (κ3) is 1.77. The van der Waals surface area contributed by atoms with Gasteiger partial charge in [-0.2, -0.15) is 0 Å². The van der Waals surface area contributed by atoms with Crippen LogP contribution in [0.1, 0.15) is 6.92 Å². The summed E-state index contributed by atoms with van der Waals surface area (Å²) in [5, 5.41) is 1.35. The molecular formula is C7H6F3N4S. The van der Waals surface area contributed by atoms with Crippen molar-refractivity contribution in [1.82, 2.24) is 15.6 Å². The van der Waals surface area contributed by atoms with Crippen LogP contribution in [0.2, 0.25) is 0 Å². The number of alkyl halides is 3. The SMILES string of the molecule is CC1=NC2=CN(C(F)(F)F)NN2C([S])=C1. The van der Waals surface area contributed by atoms with Crippen LogP contribution in [-0.2, 0) is 0 Å². The van der Waals surface area contributed by atoms with Gasteiger partial charge in [-0.1, -0.05) is 12.6 Å². The molecule has 4 nitrogen and oxygen atoms in total. The molecule has 2 aliphatic rings. The summed E-state index contributed by atoms with van der Waals surface area (Å²) in [5.74, 6) is 0.136. The number of nitrogens with zero attached hydrogens (tertiary/aromatic N) is 3. The van der Waals surface area contributed by atoms with Gasteiger partial charge in [0.05, 0.1) is 6.20 Å². The van der Waals surface area contributed by atoms with Gasteiger partial charge < -0.3 is 0 Å². The quantitative estimate of drug-likeness (QED) is 0.650. The zero-order valence-corrected chi connectivity index (χ0v) is 8.35. The number of hydrogen-bond acceptors (Lipinski definition) is 4. The van der Waals surface area contributed by atoms with Gasteiger partial charge in [0.25, 0.3) is 0 Å². The maximum atomic E-state index is 12.3. The summed E-state index contributed by atoms with van der Waals surface area (Å²) < 4.78 is 36.9. The van der Waals surface area contributed by atoms with Crippen molar-refractivity contribution < 1.29 is 13.2 Å². The topological polar surface area (TPSA) is 30.9 Å². The summed E-state index contributed by atoms with van der Waals surface area (Å²) in [6.07, 6.45) is -2.13. The highest BCUT2D eigenvalue weighted by molar-refractivity contribution is 7.84. The minimum atomic E-state index is -4.50. The van der Waals surface area contributed by atoms with Crippen molar-refractivity contribution in [3.05, 3.63) is 23.1 Å². The van der Waals surface area contributed by atoms with Crippen LogP contribution in [0.5, 0.6) is 0 Å². The molecule has 0 saturated carbocycles. The van der Waals surface area contributed by atoms with E-state index in [0.29, 0.717) is 5.71 Å². The van der Waals surface area contributed by atoms with E-state index in [1.54, 1.807) is 6.92 Å². The first kappa shape index (κ1) is 10.2. The van der Waals surface area contributed by atoms with E-state index in [1.165, 1.54) is 6.08 Å². The highest BCUT2D eigenvalue weighted by Gasteiger charge is 2.42. The fourth-order valence-corrected chi connectivity index (χ4v) is 1.49. The summed E-state index contributed by atoms with van der Waals surface area (Å²) in [6.45, 7) is 1.67. The van der Waals surface area contributed by atoms with Gasteiger partial charge >= 0.3 is 6.30 Å². The standard InChI is InChI=1S/C7H6F3N4S/c1-4-2-6(15)14-5(11-4)3-13(12-14)7(8,9)10/h2-3,12H,1H3. The van der Waals surface area contributed by atoms with Crippen LogP contribution in [0.25, 0.3) is 0 Å². The number of rotatable bonds is 0. The number of fused-ring (bicyclic) bond motifs is 1. The number of halogens is 3. The maximum absolute atomic E-state index is 12.3. The molecule has 0 amide bonds. The predicted molar refractivity (Wildman–Crippen MR) is 49.7 cm³/mol. The van der Waals surface area contributed by atoms with Crippen LogP contribution >= 0.6 is 12.6 Å². The number of nitrogens with one attached hydrogen (secondary N) is 1. The van der Waals surface area contributed by atoms with Gasteiger partial charge in [0, 0.05) is 5.71 Å². The molecule has 0 spiro atoms. The lowest BCUT2D eigenvalue weighted by molar-refractivity contribution is -0.250. The van der Waals surface area contributed by atoms with E-state index in [2.05, 4.69) is 10.5 Å². The van der Waals surface area contributed by atoms with Crippen molar-refractivity contribution in [3.8, 4) is 0 Å². The minimum Gasteiger partial charge on any atom is -0.233 e. The Morgan fingerprint density at radius 1 is 1.47 bits per heavy atom.